The Kier molecular flexibility index (Phi) is 9.33. The molecule has 0 bridgehead atoms. The number of oxazole rings is 1. The number of nitrogens with zero attached hydrogens (tertiary/aromatic N) is 6. The summed E-state index contributed by atoms with van der Waals surface area (Å²) in [6, 6.07) is 2.28. The van der Waals surface area contributed by atoms with Crippen molar-refractivity contribution in [2.75, 3.05) is 28.7 Å². The first-order valence-corrected chi connectivity index (χ1v) is 12.5. The van der Waals surface area contributed by atoms with Crippen LogP contribution in [0.5, 0.6) is 0 Å². The average molecular weight is 636 g/mol. The minimum atomic E-state index is -5.08. The van der Waals surface area contributed by atoms with Crippen LogP contribution in [0.3, 0.4) is 0 Å². The Bertz CT molecular complexity index is 1530. The van der Waals surface area contributed by atoms with Crippen molar-refractivity contribution in [1.82, 2.24) is 19.7 Å². The zero-order valence-corrected chi connectivity index (χ0v) is 23.7. The number of carbonyl (C=O) groups excluding carboxylic acids is 2. The Morgan fingerprint density at radius 1 is 1.20 bits per heavy atom. The fraction of sp³-hybridized carbons (Fsp3) is 0.440. The zero-order chi connectivity index (χ0) is 33.4. The first-order chi connectivity index (χ1) is 20.1. The van der Waals surface area contributed by atoms with E-state index in [9.17, 15) is 41.0 Å². The van der Waals surface area contributed by atoms with Gasteiger partial charge in [-0.2, -0.15) is 31.4 Å². The Labute approximate surface area is 245 Å². The van der Waals surface area contributed by atoms with Gasteiger partial charge in [-0.25, -0.2) is 14.8 Å². The number of carbonyl (C=O) groups is 3. The summed E-state index contributed by atoms with van der Waals surface area (Å²) < 4.78 is 76.7. The smallest absolute Gasteiger partial charge is 0.475 e. The van der Waals surface area contributed by atoms with E-state index in [-0.39, 0.29) is 34.8 Å². The number of hydrogen-bond acceptors (Lipinski definition) is 9. The molecule has 44 heavy (non-hydrogen) atoms. The molecule has 1 fully saturated rings. The number of aromatic nitrogens is 4. The van der Waals surface area contributed by atoms with Gasteiger partial charge in [-0.15, -0.1) is 0 Å². The van der Waals surface area contributed by atoms with E-state index >= 15 is 0 Å². The molecule has 1 saturated heterocycles. The second kappa shape index (κ2) is 12.1. The lowest BCUT2D eigenvalue weighted by Gasteiger charge is -2.21. The molecule has 4 heterocycles. The van der Waals surface area contributed by atoms with Gasteiger partial charge in [0, 0.05) is 25.9 Å². The molecule has 3 N–H and O–H groups in total. The van der Waals surface area contributed by atoms with Crippen LogP contribution in [0.15, 0.2) is 35.2 Å². The molecular formula is C25H27F6N7O6. The van der Waals surface area contributed by atoms with Gasteiger partial charge >= 0.3 is 18.3 Å². The number of pyridine rings is 1. The van der Waals surface area contributed by atoms with Crippen molar-refractivity contribution in [3.05, 3.63) is 36.5 Å². The molecule has 0 spiro atoms. The van der Waals surface area contributed by atoms with Crippen molar-refractivity contribution < 1.29 is 55.4 Å². The Hall–Kier alpha value is -4.68. The van der Waals surface area contributed by atoms with E-state index in [0.29, 0.717) is 5.56 Å². The minimum Gasteiger partial charge on any atom is -0.475 e. The maximum absolute atomic E-state index is 13.0. The number of rotatable bonds is 6. The summed E-state index contributed by atoms with van der Waals surface area (Å²) in [5.74, 6) is -3.52. The molecule has 0 saturated carbocycles. The highest BCUT2D eigenvalue weighted by Gasteiger charge is 2.53. The Morgan fingerprint density at radius 3 is 2.34 bits per heavy atom. The maximum Gasteiger partial charge on any atom is 0.490 e. The van der Waals surface area contributed by atoms with Gasteiger partial charge in [-0.3, -0.25) is 19.2 Å². The van der Waals surface area contributed by atoms with E-state index in [1.54, 1.807) is 27.8 Å². The number of anilines is 3. The SMILES string of the molecule is C[C@H]1C(O)C(C)(C)C(=O)N1c1nn(C)cc1NC(=O)c1coc(-c2ccnc(N(C)CC(F)(F)F)c2)n1.O=C(O)C(F)(F)F. The predicted octanol–water partition coefficient (Wildman–Crippen LogP) is 3.48. The van der Waals surface area contributed by atoms with Crippen molar-refractivity contribution >= 4 is 35.1 Å². The number of nitrogens with one attached hydrogen (secondary N) is 1. The molecule has 2 atom stereocenters. The van der Waals surface area contributed by atoms with Crippen LogP contribution in [0.25, 0.3) is 11.5 Å². The van der Waals surface area contributed by atoms with E-state index in [1.807, 2.05) is 0 Å². The lowest BCUT2D eigenvalue weighted by Crippen LogP contribution is -2.35. The normalized spacial score (nSPS) is 18.1. The van der Waals surface area contributed by atoms with Gasteiger partial charge in [0.15, 0.2) is 11.5 Å². The van der Waals surface area contributed by atoms with Gasteiger partial charge in [0.2, 0.25) is 11.8 Å². The summed E-state index contributed by atoms with van der Waals surface area (Å²) in [4.78, 5) is 45.2. The lowest BCUT2D eigenvalue weighted by molar-refractivity contribution is -0.192. The predicted molar refractivity (Wildman–Crippen MR) is 141 cm³/mol. The van der Waals surface area contributed by atoms with E-state index < -0.39 is 48.3 Å². The van der Waals surface area contributed by atoms with Gasteiger partial charge in [-0.1, -0.05) is 0 Å². The summed E-state index contributed by atoms with van der Waals surface area (Å²) in [7, 11) is 2.88. The number of carboxylic acid groups (broad SMARTS) is 1. The maximum atomic E-state index is 13.0. The van der Waals surface area contributed by atoms with Gasteiger partial charge in [0.25, 0.3) is 5.91 Å². The van der Waals surface area contributed by atoms with Crippen molar-refractivity contribution in [2.45, 2.75) is 45.3 Å². The molecule has 0 radical (unpaired) electrons. The largest absolute Gasteiger partial charge is 0.490 e. The first kappa shape index (κ1) is 33.8. The number of carboxylic acids is 1. The molecule has 3 aromatic rings. The van der Waals surface area contributed by atoms with Crippen molar-refractivity contribution in [2.24, 2.45) is 12.5 Å². The van der Waals surface area contributed by atoms with Crippen LogP contribution in [0.4, 0.5) is 43.7 Å². The number of aliphatic hydroxyl groups excluding tert-OH is 1. The molecule has 1 unspecified atom stereocenters. The van der Waals surface area contributed by atoms with Gasteiger partial charge in [0.1, 0.15) is 24.3 Å². The third kappa shape index (κ3) is 7.44. The van der Waals surface area contributed by atoms with Crippen LogP contribution in [-0.4, -0.2) is 85.8 Å². The van der Waals surface area contributed by atoms with Gasteiger partial charge in [0.05, 0.1) is 23.8 Å². The molecule has 1 aliphatic heterocycles. The van der Waals surface area contributed by atoms with Crippen LogP contribution in [0.2, 0.25) is 0 Å². The van der Waals surface area contributed by atoms with Crippen LogP contribution < -0.4 is 15.1 Å². The summed E-state index contributed by atoms with van der Waals surface area (Å²) in [5, 5.41) is 24.6. The number of aliphatic carboxylic acids is 1. The third-order valence-electron chi connectivity index (χ3n) is 6.44. The molecule has 3 aromatic heterocycles. The van der Waals surface area contributed by atoms with Crippen LogP contribution in [0, 0.1) is 5.41 Å². The monoisotopic (exact) mass is 635 g/mol. The average Bonchev–Trinajstić information content (AvgIpc) is 3.57. The first-order valence-electron chi connectivity index (χ1n) is 12.5. The third-order valence-corrected chi connectivity index (χ3v) is 6.44. The summed E-state index contributed by atoms with van der Waals surface area (Å²) in [5.41, 5.74) is -0.584. The molecule has 2 amide bonds. The molecular weight excluding hydrogens is 608 g/mol. The fourth-order valence-electron chi connectivity index (χ4n) is 4.21. The summed E-state index contributed by atoms with van der Waals surface area (Å²) in [6.45, 7) is 3.78. The number of aliphatic hydroxyl groups is 1. The highest BCUT2D eigenvalue weighted by Crippen LogP contribution is 2.40. The van der Waals surface area contributed by atoms with E-state index in [1.165, 1.54) is 41.2 Å². The molecule has 240 valence electrons. The minimum absolute atomic E-state index is 0.00818. The second-order valence-corrected chi connectivity index (χ2v) is 10.3. The van der Waals surface area contributed by atoms with Gasteiger partial charge < -0.3 is 24.8 Å². The number of halogens is 6. The second-order valence-electron chi connectivity index (χ2n) is 10.3. The Balaban J connectivity index is 0.000000676. The van der Waals surface area contributed by atoms with Crippen LogP contribution in [0.1, 0.15) is 31.3 Å². The highest BCUT2D eigenvalue weighted by atomic mass is 19.4. The van der Waals surface area contributed by atoms with E-state index in [4.69, 9.17) is 14.3 Å². The topological polar surface area (TPSA) is 167 Å². The zero-order valence-electron chi connectivity index (χ0n) is 23.7. The standard InChI is InChI=1S/C23H26F3N7O4.C2HF3O2/c1-12-17(34)22(2,3)21(36)33(12)18-14(9-32(5)30-18)28-19(35)15-10-37-20(29-15)13-6-7-27-16(8-13)31(4)11-23(24,25)26;3-2(4,5)1(6)7/h6-10,12,17,34H,11H2,1-5H3,(H,28,35);(H,6,7)/t12-,17?;/m0./s1. The quantitative estimate of drug-likeness (QED) is 0.341. The van der Waals surface area contributed by atoms with Crippen molar-refractivity contribution in [3.8, 4) is 11.5 Å². The molecule has 4 rings (SSSR count). The van der Waals surface area contributed by atoms with Crippen molar-refractivity contribution in [3.63, 3.8) is 0 Å². The van der Waals surface area contributed by atoms with Crippen LogP contribution >= 0.6 is 0 Å². The van der Waals surface area contributed by atoms with E-state index in [2.05, 4.69) is 20.4 Å². The highest BCUT2D eigenvalue weighted by molar-refractivity contribution is 6.08. The number of alkyl halides is 6. The molecule has 19 heteroatoms. The molecule has 0 aromatic carbocycles. The molecule has 1 aliphatic rings. The number of aryl methyl sites for hydroxylation is 1. The number of amides is 2. The van der Waals surface area contributed by atoms with Gasteiger partial charge in [-0.05, 0) is 32.9 Å². The molecule has 0 aliphatic carbocycles. The Morgan fingerprint density at radius 2 is 1.82 bits per heavy atom. The number of hydrogen-bond donors (Lipinski definition) is 3. The van der Waals surface area contributed by atoms with Crippen molar-refractivity contribution in [1.29, 1.82) is 0 Å². The van der Waals surface area contributed by atoms with E-state index in [0.717, 1.165) is 11.2 Å². The fourth-order valence-corrected chi connectivity index (χ4v) is 4.21. The molecule has 13 nitrogen and oxygen atoms in total. The summed E-state index contributed by atoms with van der Waals surface area (Å²) >= 11 is 0. The van der Waals surface area contributed by atoms with Crippen LogP contribution in [-0.2, 0) is 16.6 Å². The lowest BCUT2D eigenvalue weighted by atomic mass is 9.87. The summed E-state index contributed by atoms with van der Waals surface area (Å²) in [6.07, 6.45) is -6.50.